The van der Waals surface area contributed by atoms with E-state index in [0.29, 0.717) is 22.7 Å². The van der Waals surface area contributed by atoms with Gasteiger partial charge in [0.25, 0.3) is 0 Å². The Kier molecular flexibility index (Phi) is 2.62. The highest BCUT2D eigenvalue weighted by Crippen LogP contribution is 2.19. The fraction of sp³-hybridized carbons (Fsp3) is 0.200. The summed E-state index contributed by atoms with van der Waals surface area (Å²) in [5.74, 6) is 0.299. The van der Waals surface area contributed by atoms with Crippen LogP contribution in [0.2, 0.25) is 0 Å². The molecule has 0 aliphatic carbocycles. The number of allylic oxidation sites excluding steroid dienone is 1. The maximum Gasteiger partial charge on any atom is 0.183 e. The van der Waals surface area contributed by atoms with E-state index in [4.69, 9.17) is 11.0 Å². The molecule has 0 amide bonds. The van der Waals surface area contributed by atoms with Crippen LogP contribution < -0.4 is 5.73 Å². The van der Waals surface area contributed by atoms with Crippen LogP contribution in [0.4, 0.5) is 5.82 Å². The van der Waals surface area contributed by atoms with Crippen molar-refractivity contribution in [1.29, 1.82) is 5.26 Å². The molecule has 7 heteroatoms. The van der Waals surface area contributed by atoms with Crippen LogP contribution in [0.5, 0.6) is 0 Å². The zero-order valence-corrected chi connectivity index (χ0v) is 9.49. The quantitative estimate of drug-likeness (QED) is 0.743. The van der Waals surface area contributed by atoms with Crippen LogP contribution in [0.1, 0.15) is 0 Å². The van der Waals surface area contributed by atoms with Crippen LogP contribution in [-0.2, 0) is 0 Å². The van der Waals surface area contributed by atoms with Crippen molar-refractivity contribution in [3.63, 3.8) is 0 Å². The summed E-state index contributed by atoms with van der Waals surface area (Å²) < 4.78 is 1.57. The van der Waals surface area contributed by atoms with Gasteiger partial charge in [-0.2, -0.15) is 5.26 Å². The molecule has 2 N–H and O–H groups in total. The lowest BCUT2D eigenvalue weighted by Gasteiger charge is -2.08. The normalized spacial score (nSPS) is 11.5. The molecule has 0 bridgehead atoms. The van der Waals surface area contributed by atoms with Gasteiger partial charge in [0.15, 0.2) is 11.5 Å². The van der Waals surface area contributed by atoms with Crippen LogP contribution in [0.15, 0.2) is 18.9 Å². The molecule has 2 rings (SSSR count). The third-order valence-electron chi connectivity index (χ3n) is 2.12. The molecule has 0 aromatic carbocycles. The monoisotopic (exact) mass is 229 g/mol. The Labute approximate surface area is 97.8 Å². The number of aromatic nitrogens is 4. The van der Waals surface area contributed by atoms with Crippen LogP contribution in [0, 0.1) is 11.3 Å². The largest absolute Gasteiger partial charge is 0.382 e. The maximum absolute atomic E-state index is 9.12. The van der Waals surface area contributed by atoms with Gasteiger partial charge in [0, 0.05) is 20.3 Å². The first-order valence-corrected chi connectivity index (χ1v) is 4.85. The lowest BCUT2D eigenvalue weighted by atomic mass is 10.4. The maximum atomic E-state index is 9.12. The minimum Gasteiger partial charge on any atom is -0.382 e. The van der Waals surface area contributed by atoms with E-state index < -0.39 is 0 Å². The van der Waals surface area contributed by atoms with Crippen LogP contribution in [0.25, 0.3) is 16.9 Å². The average molecular weight is 229 g/mol. The van der Waals surface area contributed by atoms with E-state index in [1.807, 2.05) is 14.1 Å². The van der Waals surface area contributed by atoms with Crippen LogP contribution in [-0.4, -0.2) is 38.5 Å². The van der Waals surface area contributed by atoms with Crippen molar-refractivity contribution in [2.45, 2.75) is 0 Å². The number of anilines is 1. The SMILES string of the molecule is CN(C)/C=C(\C#N)n1cnc2ncnc(N)c21. The Morgan fingerprint density at radius 1 is 1.47 bits per heavy atom. The number of nitrogens with zero attached hydrogens (tertiary/aromatic N) is 6. The van der Waals surface area contributed by atoms with Crippen molar-refractivity contribution >= 4 is 22.7 Å². The fourth-order valence-corrected chi connectivity index (χ4v) is 1.45. The number of hydrogen-bond donors (Lipinski definition) is 1. The Bertz CT molecular complexity index is 617. The Morgan fingerprint density at radius 2 is 2.24 bits per heavy atom. The molecule has 0 saturated heterocycles. The van der Waals surface area contributed by atoms with E-state index in [1.165, 1.54) is 12.7 Å². The number of nitrogen functional groups attached to an aromatic ring is 1. The second-order valence-electron chi connectivity index (χ2n) is 3.64. The van der Waals surface area contributed by atoms with Crippen molar-refractivity contribution in [2.24, 2.45) is 0 Å². The molecule has 0 saturated carbocycles. The first-order valence-electron chi connectivity index (χ1n) is 4.85. The van der Waals surface area contributed by atoms with E-state index in [0.717, 1.165) is 0 Å². The number of nitriles is 1. The summed E-state index contributed by atoms with van der Waals surface area (Å²) in [6.07, 6.45) is 4.53. The smallest absolute Gasteiger partial charge is 0.183 e. The molecule has 7 nitrogen and oxygen atoms in total. The Balaban J connectivity index is 2.68. The van der Waals surface area contributed by atoms with Crippen molar-refractivity contribution in [1.82, 2.24) is 24.4 Å². The summed E-state index contributed by atoms with van der Waals surface area (Å²) in [6, 6.07) is 2.09. The predicted octanol–water partition coefficient (Wildman–Crippen LogP) is 0.292. The molecule has 86 valence electrons. The first-order chi connectivity index (χ1) is 8.13. The molecule has 0 aliphatic rings. The molecular formula is C10H11N7. The van der Waals surface area contributed by atoms with Crippen molar-refractivity contribution in [3.8, 4) is 6.07 Å². The molecule has 0 fully saturated rings. The molecule has 0 unspecified atom stereocenters. The molecule has 2 aromatic heterocycles. The van der Waals surface area contributed by atoms with Gasteiger partial charge < -0.3 is 10.6 Å². The molecule has 2 heterocycles. The summed E-state index contributed by atoms with van der Waals surface area (Å²) in [4.78, 5) is 13.7. The average Bonchev–Trinajstić information content (AvgIpc) is 2.71. The molecule has 0 radical (unpaired) electrons. The number of rotatable bonds is 2. The highest BCUT2D eigenvalue weighted by Gasteiger charge is 2.11. The molecule has 17 heavy (non-hydrogen) atoms. The molecule has 2 aromatic rings. The first kappa shape index (κ1) is 10.9. The van der Waals surface area contributed by atoms with Crippen LogP contribution in [0.3, 0.4) is 0 Å². The summed E-state index contributed by atoms with van der Waals surface area (Å²) in [7, 11) is 3.66. The highest BCUT2D eigenvalue weighted by atomic mass is 15.1. The Hall–Kier alpha value is -2.62. The third kappa shape index (κ3) is 1.88. The minimum absolute atomic E-state index is 0.299. The standard InChI is InChI=1S/C10H11N7/c1-16(2)4-7(3-11)17-6-15-10-8(17)9(12)13-5-14-10/h4-6H,1-2H3,(H2,12,13,14)/b7-4+. The second kappa shape index (κ2) is 4.09. The minimum atomic E-state index is 0.299. The van der Waals surface area contributed by atoms with Gasteiger partial charge in [-0.1, -0.05) is 0 Å². The van der Waals surface area contributed by atoms with Gasteiger partial charge in [0.2, 0.25) is 0 Å². The lowest BCUT2D eigenvalue weighted by molar-refractivity contribution is 0.564. The van der Waals surface area contributed by atoms with Crippen molar-refractivity contribution < 1.29 is 0 Å². The zero-order chi connectivity index (χ0) is 12.4. The lowest BCUT2D eigenvalue weighted by Crippen LogP contribution is -2.06. The number of hydrogen-bond acceptors (Lipinski definition) is 6. The van der Waals surface area contributed by atoms with Gasteiger partial charge in [-0.25, -0.2) is 15.0 Å². The van der Waals surface area contributed by atoms with E-state index in [-0.39, 0.29) is 0 Å². The Morgan fingerprint density at radius 3 is 2.88 bits per heavy atom. The highest BCUT2D eigenvalue weighted by molar-refractivity contribution is 5.86. The van der Waals surface area contributed by atoms with E-state index in [2.05, 4.69) is 21.0 Å². The van der Waals surface area contributed by atoms with Gasteiger partial charge in [0.1, 0.15) is 29.9 Å². The molecule has 0 spiro atoms. The number of imidazole rings is 1. The summed E-state index contributed by atoms with van der Waals surface area (Å²) in [5, 5.41) is 9.12. The second-order valence-corrected chi connectivity index (χ2v) is 3.64. The van der Waals surface area contributed by atoms with E-state index >= 15 is 0 Å². The molecule has 0 atom stereocenters. The van der Waals surface area contributed by atoms with E-state index in [9.17, 15) is 0 Å². The number of fused-ring (bicyclic) bond motifs is 1. The van der Waals surface area contributed by atoms with Gasteiger partial charge in [-0.15, -0.1) is 0 Å². The molecule has 0 aliphatic heterocycles. The van der Waals surface area contributed by atoms with Gasteiger partial charge in [0.05, 0.1) is 0 Å². The van der Waals surface area contributed by atoms with Crippen molar-refractivity contribution in [3.05, 3.63) is 18.9 Å². The topological polar surface area (TPSA) is 96.6 Å². The molecular weight excluding hydrogens is 218 g/mol. The summed E-state index contributed by atoms with van der Waals surface area (Å²) in [6.45, 7) is 0. The van der Waals surface area contributed by atoms with E-state index in [1.54, 1.807) is 15.7 Å². The summed E-state index contributed by atoms with van der Waals surface area (Å²) in [5.41, 5.74) is 7.18. The van der Waals surface area contributed by atoms with Crippen molar-refractivity contribution in [2.75, 3.05) is 19.8 Å². The third-order valence-corrected chi connectivity index (χ3v) is 2.12. The zero-order valence-electron chi connectivity index (χ0n) is 9.49. The van der Waals surface area contributed by atoms with Gasteiger partial charge in [-0.3, -0.25) is 4.57 Å². The fourth-order valence-electron chi connectivity index (χ4n) is 1.45. The number of nitrogens with two attached hydrogens (primary N) is 1. The predicted molar refractivity (Wildman–Crippen MR) is 63.3 cm³/mol. The van der Waals surface area contributed by atoms with Gasteiger partial charge >= 0.3 is 0 Å². The summed E-state index contributed by atoms with van der Waals surface area (Å²) >= 11 is 0. The van der Waals surface area contributed by atoms with Crippen LogP contribution >= 0.6 is 0 Å². The van der Waals surface area contributed by atoms with Gasteiger partial charge in [-0.05, 0) is 0 Å².